The van der Waals surface area contributed by atoms with Gasteiger partial charge in [0.15, 0.2) is 0 Å². The van der Waals surface area contributed by atoms with E-state index >= 15 is 0 Å². The zero-order chi connectivity index (χ0) is 10.4. The van der Waals surface area contributed by atoms with Crippen LogP contribution in [-0.2, 0) is 0 Å². The lowest BCUT2D eigenvalue weighted by Gasteiger charge is -2.40. The van der Waals surface area contributed by atoms with Crippen molar-refractivity contribution >= 4 is 21.6 Å². The summed E-state index contributed by atoms with van der Waals surface area (Å²) in [7, 11) is 2.21. The van der Waals surface area contributed by atoms with Crippen molar-refractivity contribution in [2.75, 3.05) is 31.6 Å². The summed E-state index contributed by atoms with van der Waals surface area (Å²) in [6.07, 6.45) is 3.79. The van der Waals surface area contributed by atoms with Crippen LogP contribution >= 0.6 is 15.9 Å². The summed E-state index contributed by atoms with van der Waals surface area (Å²) < 4.78 is 1.06. The second kappa shape index (κ2) is 3.46. The number of likely N-dealkylation sites (tertiary alicyclic amines) is 1. The molecule has 0 aliphatic carbocycles. The Balaban J connectivity index is 1.79. The maximum atomic E-state index is 4.22. The average Bonchev–Trinajstić information content (AvgIpc) is 2.55. The van der Waals surface area contributed by atoms with Crippen molar-refractivity contribution < 1.29 is 0 Å². The SMILES string of the molecule is CN1C[C@@H]2CN(c3cncc(Br)c3)C[C@@H]21. The van der Waals surface area contributed by atoms with Crippen LogP contribution in [0.4, 0.5) is 5.69 Å². The molecule has 2 aliphatic rings. The maximum Gasteiger partial charge on any atom is 0.0564 e. The van der Waals surface area contributed by atoms with Gasteiger partial charge in [-0.15, -0.1) is 0 Å². The predicted octanol–water partition coefficient (Wildman–Crippen LogP) is 1.59. The molecule has 0 spiro atoms. The van der Waals surface area contributed by atoms with Gasteiger partial charge in [-0.2, -0.15) is 0 Å². The summed E-state index contributed by atoms with van der Waals surface area (Å²) in [6, 6.07) is 2.92. The van der Waals surface area contributed by atoms with Crippen LogP contribution in [0.25, 0.3) is 0 Å². The molecule has 80 valence electrons. The fraction of sp³-hybridized carbons (Fsp3) is 0.545. The molecule has 3 rings (SSSR count). The predicted molar refractivity (Wildman–Crippen MR) is 64.1 cm³/mol. The van der Waals surface area contributed by atoms with Gasteiger partial charge in [0.2, 0.25) is 0 Å². The first-order chi connectivity index (χ1) is 7.24. The van der Waals surface area contributed by atoms with Crippen LogP contribution in [0.15, 0.2) is 22.9 Å². The lowest BCUT2D eigenvalue weighted by molar-refractivity contribution is 0.0827. The second-order valence-corrected chi connectivity index (χ2v) is 5.45. The Morgan fingerprint density at radius 1 is 1.33 bits per heavy atom. The molecule has 0 saturated carbocycles. The number of nitrogens with zero attached hydrogens (tertiary/aromatic N) is 3. The quantitative estimate of drug-likeness (QED) is 0.771. The van der Waals surface area contributed by atoms with Gasteiger partial charge >= 0.3 is 0 Å². The van der Waals surface area contributed by atoms with Crippen LogP contribution < -0.4 is 4.90 Å². The minimum atomic E-state index is 0.768. The van der Waals surface area contributed by atoms with E-state index in [2.05, 4.69) is 43.8 Å². The molecule has 0 unspecified atom stereocenters. The highest BCUT2D eigenvalue weighted by Gasteiger charge is 2.43. The molecule has 3 nitrogen and oxygen atoms in total. The van der Waals surface area contributed by atoms with E-state index in [1.807, 2.05) is 12.4 Å². The van der Waals surface area contributed by atoms with Gasteiger partial charge in [0, 0.05) is 42.3 Å². The Morgan fingerprint density at radius 2 is 2.20 bits per heavy atom. The third-order valence-electron chi connectivity index (χ3n) is 3.55. The average molecular weight is 268 g/mol. The fourth-order valence-electron chi connectivity index (χ4n) is 2.68. The molecule has 2 atom stereocenters. The largest absolute Gasteiger partial charge is 0.368 e. The second-order valence-electron chi connectivity index (χ2n) is 4.53. The number of likely N-dealkylation sites (N-methyl/N-ethyl adjacent to an activating group) is 1. The van der Waals surface area contributed by atoms with Crippen molar-refractivity contribution in [1.29, 1.82) is 0 Å². The third-order valence-corrected chi connectivity index (χ3v) is 3.98. The van der Waals surface area contributed by atoms with Crippen molar-refractivity contribution in [3.05, 3.63) is 22.9 Å². The zero-order valence-corrected chi connectivity index (χ0v) is 10.3. The van der Waals surface area contributed by atoms with Crippen LogP contribution in [-0.4, -0.2) is 42.6 Å². The highest BCUT2D eigenvalue weighted by molar-refractivity contribution is 9.10. The van der Waals surface area contributed by atoms with Crippen molar-refractivity contribution in [2.45, 2.75) is 6.04 Å². The van der Waals surface area contributed by atoms with Gasteiger partial charge in [-0.25, -0.2) is 0 Å². The lowest BCUT2D eigenvalue weighted by Crippen LogP contribution is -2.52. The summed E-state index contributed by atoms with van der Waals surface area (Å²) in [6.45, 7) is 3.59. The Hall–Kier alpha value is -0.610. The van der Waals surface area contributed by atoms with E-state index in [-0.39, 0.29) is 0 Å². The molecular formula is C11H14BrN3. The molecule has 2 fully saturated rings. The molecular weight excluding hydrogens is 254 g/mol. The standard InChI is InChI=1S/C11H14BrN3/c1-14-5-8-6-15(7-11(8)14)10-2-9(12)3-13-4-10/h2-4,8,11H,5-7H2,1H3/t8-,11+/m1/s1. The van der Waals surface area contributed by atoms with Gasteiger partial charge in [-0.1, -0.05) is 0 Å². The molecule has 2 aliphatic heterocycles. The normalized spacial score (nSPS) is 30.1. The molecule has 1 aromatic rings. The Kier molecular flexibility index (Phi) is 2.21. The van der Waals surface area contributed by atoms with E-state index in [4.69, 9.17) is 0 Å². The number of hydrogen-bond acceptors (Lipinski definition) is 3. The molecule has 2 saturated heterocycles. The molecule has 4 heteroatoms. The summed E-state index contributed by atoms with van der Waals surface area (Å²) >= 11 is 3.47. The van der Waals surface area contributed by atoms with E-state index < -0.39 is 0 Å². The van der Waals surface area contributed by atoms with Crippen LogP contribution in [0.3, 0.4) is 0 Å². The van der Waals surface area contributed by atoms with Gasteiger partial charge < -0.3 is 9.80 Å². The Morgan fingerprint density at radius 3 is 2.87 bits per heavy atom. The van der Waals surface area contributed by atoms with E-state index in [0.29, 0.717) is 0 Å². The molecule has 0 bridgehead atoms. The van der Waals surface area contributed by atoms with Gasteiger partial charge in [0.05, 0.1) is 11.9 Å². The van der Waals surface area contributed by atoms with Crippen LogP contribution in [0.2, 0.25) is 0 Å². The maximum absolute atomic E-state index is 4.22. The topological polar surface area (TPSA) is 19.4 Å². The highest BCUT2D eigenvalue weighted by atomic mass is 79.9. The molecule has 0 amide bonds. The first-order valence-corrected chi connectivity index (χ1v) is 6.09. The van der Waals surface area contributed by atoms with E-state index in [0.717, 1.165) is 23.0 Å². The molecule has 0 aromatic carbocycles. The van der Waals surface area contributed by atoms with Gasteiger partial charge in [0.1, 0.15) is 0 Å². The number of pyridine rings is 1. The van der Waals surface area contributed by atoms with Gasteiger partial charge in [-0.3, -0.25) is 4.98 Å². The van der Waals surface area contributed by atoms with Crippen LogP contribution in [0.5, 0.6) is 0 Å². The molecule has 0 N–H and O–H groups in total. The summed E-state index contributed by atoms with van der Waals surface area (Å²) in [5.74, 6) is 0.869. The number of fused-ring (bicyclic) bond motifs is 1. The number of anilines is 1. The van der Waals surface area contributed by atoms with E-state index in [1.54, 1.807) is 0 Å². The Bertz CT molecular complexity index is 382. The molecule has 3 heterocycles. The third kappa shape index (κ3) is 1.56. The van der Waals surface area contributed by atoms with Crippen molar-refractivity contribution in [1.82, 2.24) is 9.88 Å². The first-order valence-electron chi connectivity index (χ1n) is 5.30. The summed E-state index contributed by atoms with van der Waals surface area (Å²) in [5, 5.41) is 0. The lowest BCUT2D eigenvalue weighted by atomic mass is 9.93. The fourth-order valence-corrected chi connectivity index (χ4v) is 3.04. The smallest absolute Gasteiger partial charge is 0.0564 e. The van der Waals surface area contributed by atoms with Gasteiger partial charge in [0.25, 0.3) is 0 Å². The first kappa shape index (κ1) is 9.60. The summed E-state index contributed by atoms with van der Waals surface area (Å²) in [5.41, 5.74) is 1.24. The molecule has 0 radical (unpaired) electrons. The van der Waals surface area contributed by atoms with E-state index in [1.165, 1.54) is 18.8 Å². The number of aromatic nitrogens is 1. The molecule has 15 heavy (non-hydrogen) atoms. The minimum Gasteiger partial charge on any atom is -0.368 e. The van der Waals surface area contributed by atoms with Crippen molar-refractivity contribution in [2.24, 2.45) is 5.92 Å². The zero-order valence-electron chi connectivity index (χ0n) is 8.73. The monoisotopic (exact) mass is 267 g/mol. The summed E-state index contributed by atoms with van der Waals surface area (Å²) in [4.78, 5) is 9.10. The van der Waals surface area contributed by atoms with E-state index in [9.17, 15) is 0 Å². The minimum absolute atomic E-state index is 0.768. The number of rotatable bonds is 1. The highest BCUT2D eigenvalue weighted by Crippen LogP contribution is 2.33. The Labute approximate surface area is 98.2 Å². The van der Waals surface area contributed by atoms with Gasteiger partial charge in [-0.05, 0) is 29.0 Å². The number of halogens is 1. The van der Waals surface area contributed by atoms with Crippen LogP contribution in [0, 0.1) is 5.92 Å². The molecule has 1 aromatic heterocycles. The van der Waals surface area contributed by atoms with Crippen LogP contribution in [0.1, 0.15) is 0 Å². The number of hydrogen-bond donors (Lipinski definition) is 0. The van der Waals surface area contributed by atoms with Crippen molar-refractivity contribution in [3.63, 3.8) is 0 Å². The van der Waals surface area contributed by atoms with Crippen molar-refractivity contribution in [3.8, 4) is 0 Å².